The van der Waals surface area contributed by atoms with Gasteiger partial charge in [0.05, 0.1) is 12.3 Å². The zero-order chi connectivity index (χ0) is 21.6. The van der Waals surface area contributed by atoms with Gasteiger partial charge in [-0.15, -0.1) is 0 Å². The predicted molar refractivity (Wildman–Crippen MR) is 118 cm³/mol. The molecule has 1 aliphatic heterocycles. The van der Waals surface area contributed by atoms with Gasteiger partial charge in [0.25, 0.3) is 0 Å². The molecule has 2 amide bonds. The Labute approximate surface area is 185 Å². The van der Waals surface area contributed by atoms with E-state index < -0.39 is 5.82 Å². The van der Waals surface area contributed by atoms with Crippen molar-refractivity contribution in [2.45, 2.75) is 19.6 Å². The number of halogens is 2. The average molecular weight is 441 g/mol. The molecule has 1 heterocycles. The summed E-state index contributed by atoms with van der Waals surface area (Å²) in [5.74, 6) is 0.576. The van der Waals surface area contributed by atoms with Crippen molar-refractivity contribution in [3.8, 4) is 11.5 Å². The van der Waals surface area contributed by atoms with Gasteiger partial charge in [0.15, 0.2) is 0 Å². The summed E-state index contributed by atoms with van der Waals surface area (Å²) in [4.78, 5) is 14.5. The zero-order valence-electron chi connectivity index (χ0n) is 16.8. The third-order valence-electron chi connectivity index (χ3n) is 4.94. The highest BCUT2D eigenvalue weighted by Crippen LogP contribution is 2.32. The van der Waals surface area contributed by atoms with Crippen LogP contribution in [0.25, 0.3) is 0 Å². The standard InChI is InChI=1S/C24H22ClFN2O3/c25-19-8-7-18(22(13-19)31-16-17-5-2-1-3-6-17)15-27-24(29)28-11-4-12-30-23-14-20(26)9-10-21(23)28/h1-3,5-10,13-14H,4,11-12,15-16H2,(H,27,29). The van der Waals surface area contributed by atoms with Gasteiger partial charge in [-0.05, 0) is 36.2 Å². The van der Waals surface area contributed by atoms with Crippen LogP contribution < -0.4 is 19.7 Å². The van der Waals surface area contributed by atoms with Crippen LogP contribution >= 0.6 is 11.6 Å². The number of hydrogen-bond acceptors (Lipinski definition) is 3. The molecule has 1 aliphatic rings. The highest BCUT2D eigenvalue weighted by molar-refractivity contribution is 6.30. The van der Waals surface area contributed by atoms with Crippen molar-refractivity contribution in [1.29, 1.82) is 0 Å². The SMILES string of the molecule is O=C(NCc1ccc(Cl)cc1OCc1ccccc1)N1CCCOc2cc(F)ccc21. The number of anilines is 1. The van der Waals surface area contributed by atoms with E-state index in [4.69, 9.17) is 21.1 Å². The number of hydrogen-bond donors (Lipinski definition) is 1. The second-order valence-electron chi connectivity index (χ2n) is 7.15. The lowest BCUT2D eigenvalue weighted by atomic mass is 10.2. The van der Waals surface area contributed by atoms with Crippen molar-refractivity contribution in [3.63, 3.8) is 0 Å². The molecular formula is C24H22ClFN2O3. The van der Waals surface area contributed by atoms with Crippen molar-refractivity contribution in [2.24, 2.45) is 0 Å². The predicted octanol–water partition coefficient (Wildman–Crippen LogP) is 5.56. The smallest absolute Gasteiger partial charge is 0.322 e. The van der Waals surface area contributed by atoms with E-state index >= 15 is 0 Å². The molecule has 3 aromatic rings. The molecule has 1 N–H and O–H groups in total. The van der Waals surface area contributed by atoms with Crippen molar-refractivity contribution in [2.75, 3.05) is 18.1 Å². The van der Waals surface area contributed by atoms with Gasteiger partial charge in [-0.1, -0.05) is 48.0 Å². The van der Waals surface area contributed by atoms with Crippen LogP contribution in [0.5, 0.6) is 11.5 Å². The Kier molecular flexibility index (Phi) is 6.57. The second-order valence-corrected chi connectivity index (χ2v) is 7.59. The van der Waals surface area contributed by atoms with Gasteiger partial charge >= 0.3 is 6.03 Å². The van der Waals surface area contributed by atoms with E-state index in [1.165, 1.54) is 12.1 Å². The van der Waals surface area contributed by atoms with Crippen LogP contribution in [-0.2, 0) is 13.2 Å². The van der Waals surface area contributed by atoms with Crippen molar-refractivity contribution >= 4 is 23.3 Å². The highest BCUT2D eigenvalue weighted by Gasteiger charge is 2.22. The third kappa shape index (κ3) is 5.27. The molecule has 0 bridgehead atoms. The largest absolute Gasteiger partial charge is 0.491 e. The summed E-state index contributed by atoms with van der Waals surface area (Å²) in [5, 5.41) is 3.48. The quantitative estimate of drug-likeness (QED) is 0.565. The fourth-order valence-corrected chi connectivity index (χ4v) is 3.54. The number of ether oxygens (including phenoxy) is 2. The van der Waals surface area contributed by atoms with E-state index in [0.29, 0.717) is 48.4 Å². The van der Waals surface area contributed by atoms with E-state index in [2.05, 4.69) is 5.32 Å². The summed E-state index contributed by atoms with van der Waals surface area (Å²) >= 11 is 6.15. The molecule has 0 saturated heterocycles. The molecule has 0 fully saturated rings. The van der Waals surface area contributed by atoms with Crippen LogP contribution in [0.2, 0.25) is 5.02 Å². The number of rotatable bonds is 5. The minimum Gasteiger partial charge on any atom is -0.491 e. The molecule has 0 unspecified atom stereocenters. The molecule has 0 spiro atoms. The van der Waals surface area contributed by atoms with E-state index in [-0.39, 0.29) is 12.6 Å². The van der Waals surface area contributed by atoms with Crippen LogP contribution in [0.1, 0.15) is 17.5 Å². The van der Waals surface area contributed by atoms with Gasteiger partial charge in [-0.2, -0.15) is 0 Å². The number of carbonyl (C=O) groups is 1. The Hall–Kier alpha value is -3.25. The first-order valence-electron chi connectivity index (χ1n) is 10.0. The number of nitrogens with zero attached hydrogens (tertiary/aromatic N) is 1. The summed E-state index contributed by atoms with van der Waals surface area (Å²) in [7, 11) is 0. The molecule has 7 heteroatoms. The van der Waals surface area contributed by atoms with Gasteiger partial charge in [-0.3, -0.25) is 4.90 Å². The Balaban J connectivity index is 1.46. The van der Waals surface area contributed by atoms with Gasteiger partial charge in [0.2, 0.25) is 0 Å². The summed E-state index contributed by atoms with van der Waals surface area (Å²) in [6, 6.07) is 19.0. The molecule has 0 atom stereocenters. The minimum absolute atomic E-state index is 0.258. The van der Waals surface area contributed by atoms with Gasteiger partial charge in [-0.25, -0.2) is 9.18 Å². The zero-order valence-corrected chi connectivity index (χ0v) is 17.6. The Bertz CT molecular complexity index is 1060. The van der Waals surface area contributed by atoms with Crippen molar-refractivity contribution in [1.82, 2.24) is 5.32 Å². The van der Waals surface area contributed by atoms with E-state index in [9.17, 15) is 9.18 Å². The highest BCUT2D eigenvalue weighted by atomic mass is 35.5. The summed E-state index contributed by atoms with van der Waals surface area (Å²) in [5.41, 5.74) is 2.39. The fraction of sp³-hybridized carbons (Fsp3) is 0.208. The number of fused-ring (bicyclic) bond motifs is 1. The lowest BCUT2D eigenvalue weighted by molar-refractivity contribution is 0.245. The molecule has 0 aromatic heterocycles. The molecular weight excluding hydrogens is 419 g/mol. The lowest BCUT2D eigenvalue weighted by Gasteiger charge is -2.22. The van der Waals surface area contributed by atoms with Gasteiger partial charge < -0.3 is 14.8 Å². The van der Waals surface area contributed by atoms with Crippen LogP contribution in [0.4, 0.5) is 14.9 Å². The maximum absolute atomic E-state index is 13.6. The Morgan fingerprint density at radius 3 is 2.81 bits per heavy atom. The molecule has 0 saturated carbocycles. The van der Waals surface area contributed by atoms with E-state index in [1.807, 2.05) is 36.4 Å². The minimum atomic E-state index is -0.401. The maximum Gasteiger partial charge on any atom is 0.322 e. The molecule has 0 radical (unpaired) electrons. The van der Waals surface area contributed by atoms with E-state index in [1.54, 1.807) is 23.1 Å². The number of carbonyl (C=O) groups excluding carboxylic acids is 1. The topological polar surface area (TPSA) is 50.8 Å². The third-order valence-corrected chi connectivity index (χ3v) is 5.17. The average Bonchev–Trinajstić information content (AvgIpc) is 2.99. The normalized spacial score (nSPS) is 13.0. The Morgan fingerprint density at radius 2 is 1.97 bits per heavy atom. The van der Waals surface area contributed by atoms with Crippen molar-refractivity contribution < 1.29 is 18.7 Å². The van der Waals surface area contributed by atoms with Gasteiger partial charge in [0, 0.05) is 29.7 Å². The van der Waals surface area contributed by atoms with E-state index in [0.717, 1.165) is 11.1 Å². The second kappa shape index (κ2) is 9.71. The van der Waals surface area contributed by atoms with Crippen LogP contribution in [0.15, 0.2) is 66.7 Å². The fourth-order valence-electron chi connectivity index (χ4n) is 3.37. The number of urea groups is 1. The van der Waals surface area contributed by atoms with Gasteiger partial charge in [0.1, 0.15) is 23.9 Å². The summed E-state index contributed by atoms with van der Waals surface area (Å²) in [6.45, 7) is 1.55. The van der Waals surface area contributed by atoms with Crippen LogP contribution in [0.3, 0.4) is 0 Å². The van der Waals surface area contributed by atoms with Crippen LogP contribution in [0, 0.1) is 5.82 Å². The summed E-state index contributed by atoms with van der Waals surface area (Å²) in [6.07, 6.45) is 0.649. The molecule has 3 aromatic carbocycles. The first-order valence-corrected chi connectivity index (χ1v) is 10.4. The van der Waals surface area contributed by atoms with Crippen LogP contribution in [-0.4, -0.2) is 19.2 Å². The molecule has 4 rings (SSSR count). The first kappa shape index (κ1) is 21.0. The first-order chi connectivity index (χ1) is 15.1. The number of benzene rings is 3. The summed E-state index contributed by atoms with van der Waals surface area (Å²) < 4.78 is 25.1. The number of amides is 2. The van der Waals surface area contributed by atoms with Crippen molar-refractivity contribution in [3.05, 3.63) is 88.7 Å². The lowest BCUT2D eigenvalue weighted by Crippen LogP contribution is -2.40. The Morgan fingerprint density at radius 1 is 1.13 bits per heavy atom. The monoisotopic (exact) mass is 440 g/mol. The maximum atomic E-state index is 13.6. The number of nitrogens with one attached hydrogen (secondary N) is 1. The molecule has 160 valence electrons. The molecule has 0 aliphatic carbocycles. The molecule has 5 nitrogen and oxygen atoms in total. The molecule has 31 heavy (non-hydrogen) atoms.